The summed E-state index contributed by atoms with van der Waals surface area (Å²) in [4.78, 5) is 4.62. The molecule has 0 aliphatic rings. The second-order valence-electron chi connectivity index (χ2n) is 4.60. The predicted octanol–water partition coefficient (Wildman–Crippen LogP) is 1.57. The van der Waals surface area contributed by atoms with Gasteiger partial charge >= 0.3 is 0 Å². The first-order chi connectivity index (χ1) is 10.8. The van der Waals surface area contributed by atoms with Crippen LogP contribution in [0.2, 0.25) is 0 Å². The van der Waals surface area contributed by atoms with E-state index in [0.29, 0.717) is 11.5 Å². The quantitative estimate of drug-likeness (QED) is 0.716. The molecule has 0 bridgehead atoms. The first-order valence-electron chi connectivity index (χ1n) is 6.80. The van der Waals surface area contributed by atoms with Gasteiger partial charge in [0.2, 0.25) is 0 Å². The lowest BCUT2D eigenvalue weighted by molar-refractivity contribution is -0.00000488. The van der Waals surface area contributed by atoms with Gasteiger partial charge in [-0.1, -0.05) is 18.2 Å². The van der Waals surface area contributed by atoms with Crippen LogP contribution in [0.15, 0.2) is 53.9 Å². The number of nitrogens with zero attached hydrogens (tertiary/aromatic N) is 1. The van der Waals surface area contributed by atoms with Crippen molar-refractivity contribution in [3.63, 3.8) is 0 Å². The first kappa shape index (κ1) is 17.3. The molecule has 0 aliphatic heterocycles. The van der Waals surface area contributed by atoms with Gasteiger partial charge in [0.15, 0.2) is 16.6 Å². The van der Waals surface area contributed by atoms with Crippen LogP contribution in [-0.4, -0.2) is 19.2 Å². The second kappa shape index (κ2) is 7.99. The Morgan fingerprint density at radius 1 is 0.957 bits per heavy atom. The monoisotopic (exact) mass is 391 g/mol. The maximum Gasteiger partial charge on any atom is 0.187 e. The Morgan fingerprint density at radius 2 is 1.70 bits per heavy atom. The van der Waals surface area contributed by atoms with Crippen LogP contribution in [0.25, 0.3) is 11.3 Å². The SMILES string of the molecule is COc1ccc(-c2csc(Nc3ccccc3)n2)cc1OC.[Br-]. The number of ether oxygens (including phenoxy) is 2. The maximum absolute atomic E-state index is 5.34. The van der Waals surface area contributed by atoms with E-state index in [2.05, 4.69) is 10.3 Å². The highest BCUT2D eigenvalue weighted by Crippen LogP contribution is 2.33. The molecule has 4 nitrogen and oxygen atoms in total. The van der Waals surface area contributed by atoms with Crippen LogP contribution in [0.3, 0.4) is 0 Å². The standard InChI is InChI=1S/C17H16N2O2S.BrH/c1-20-15-9-8-12(10-16(15)21-2)14-11-22-17(19-14)18-13-6-4-3-5-7-13;/h3-11H,1-2H3,(H,18,19);1H/p-1. The molecule has 0 atom stereocenters. The van der Waals surface area contributed by atoms with Crippen LogP contribution < -0.4 is 31.8 Å². The number of hydrogen-bond acceptors (Lipinski definition) is 5. The van der Waals surface area contributed by atoms with Gasteiger partial charge in [-0.05, 0) is 30.3 Å². The smallest absolute Gasteiger partial charge is 0.187 e. The topological polar surface area (TPSA) is 43.4 Å². The summed E-state index contributed by atoms with van der Waals surface area (Å²) in [7, 11) is 3.26. The van der Waals surface area contributed by atoms with Crippen LogP contribution in [0, 0.1) is 0 Å². The molecule has 6 heteroatoms. The fraction of sp³-hybridized carbons (Fsp3) is 0.118. The van der Waals surface area contributed by atoms with Crippen LogP contribution in [-0.2, 0) is 0 Å². The molecule has 0 amide bonds. The largest absolute Gasteiger partial charge is 1.00 e. The highest BCUT2D eigenvalue weighted by Gasteiger charge is 2.09. The van der Waals surface area contributed by atoms with Crippen molar-refractivity contribution in [1.29, 1.82) is 0 Å². The van der Waals surface area contributed by atoms with Gasteiger partial charge < -0.3 is 31.8 Å². The summed E-state index contributed by atoms with van der Waals surface area (Å²) in [5.74, 6) is 1.41. The molecule has 1 N–H and O–H groups in total. The van der Waals surface area contributed by atoms with Crippen LogP contribution >= 0.6 is 11.3 Å². The molecule has 0 radical (unpaired) electrons. The van der Waals surface area contributed by atoms with Gasteiger partial charge in [-0.3, -0.25) is 0 Å². The Hall–Kier alpha value is -2.05. The third kappa shape index (κ3) is 4.03. The van der Waals surface area contributed by atoms with Crippen molar-refractivity contribution < 1.29 is 26.5 Å². The van der Waals surface area contributed by atoms with Crippen LogP contribution in [0.5, 0.6) is 11.5 Å². The minimum absolute atomic E-state index is 0. The highest BCUT2D eigenvalue weighted by atomic mass is 79.9. The number of para-hydroxylation sites is 1. The van der Waals surface area contributed by atoms with Gasteiger partial charge in [0.1, 0.15) is 0 Å². The van der Waals surface area contributed by atoms with E-state index in [1.807, 2.05) is 53.9 Å². The summed E-state index contributed by atoms with van der Waals surface area (Å²) in [5.41, 5.74) is 2.93. The molecule has 0 unspecified atom stereocenters. The summed E-state index contributed by atoms with van der Waals surface area (Å²) in [5, 5.41) is 6.17. The Labute approximate surface area is 149 Å². The van der Waals surface area contributed by atoms with E-state index in [1.165, 1.54) is 0 Å². The van der Waals surface area contributed by atoms with Crippen LogP contribution in [0.4, 0.5) is 10.8 Å². The number of halogens is 1. The van der Waals surface area contributed by atoms with Gasteiger partial charge in [0.25, 0.3) is 0 Å². The Bertz CT molecular complexity index is 762. The lowest BCUT2D eigenvalue weighted by Gasteiger charge is -2.08. The minimum Gasteiger partial charge on any atom is -1.00 e. The van der Waals surface area contributed by atoms with Crippen molar-refractivity contribution in [3.8, 4) is 22.8 Å². The molecule has 0 fully saturated rings. The molecule has 1 aromatic heterocycles. The molecule has 0 saturated heterocycles. The molecular formula is C17H16BrN2O2S-. The minimum atomic E-state index is 0. The molecular weight excluding hydrogens is 376 g/mol. The van der Waals surface area contributed by atoms with E-state index < -0.39 is 0 Å². The third-order valence-electron chi connectivity index (χ3n) is 3.21. The molecule has 23 heavy (non-hydrogen) atoms. The fourth-order valence-corrected chi connectivity index (χ4v) is 2.84. The normalized spacial score (nSPS) is 9.83. The maximum atomic E-state index is 5.34. The predicted molar refractivity (Wildman–Crippen MR) is 90.4 cm³/mol. The number of thiazole rings is 1. The highest BCUT2D eigenvalue weighted by molar-refractivity contribution is 7.14. The van der Waals surface area contributed by atoms with Crippen molar-refractivity contribution >= 4 is 22.2 Å². The third-order valence-corrected chi connectivity index (χ3v) is 3.97. The van der Waals surface area contributed by atoms with E-state index in [-0.39, 0.29) is 17.0 Å². The van der Waals surface area contributed by atoms with Crippen molar-refractivity contribution in [2.75, 3.05) is 19.5 Å². The van der Waals surface area contributed by atoms with Gasteiger partial charge in [-0.15, -0.1) is 11.3 Å². The number of anilines is 2. The van der Waals surface area contributed by atoms with E-state index in [9.17, 15) is 0 Å². The fourth-order valence-electron chi connectivity index (χ4n) is 2.10. The Kier molecular flexibility index (Phi) is 6.01. The van der Waals surface area contributed by atoms with Crippen LogP contribution in [0.1, 0.15) is 0 Å². The molecule has 120 valence electrons. The molecule has 2 aromatic carbocycles. The zero-order valence-electron chi connectivity index (χ0n) is 12.7. The molecule has 1 heterocycles. The Balaban J connectivity index is 0.00000192. The molecule has 3 rings (SSSR count). The molecule has 0 spiro atoms. The zero-order valence-corrected chi connectivity index (χ0v) is 15.1. The van der Waals surface area contributed by atoms with E-state index in [1.54, 1.807) is 25.6 Å². The lowest BCUT2D eigenvalue weighted by atomic mass is 10.1. The van der Waals surface area contributed by atoms with Crippen molar-refractivity contribution in [2.24, 2.45) is 0 Å². The second-order valence-corrected chi connectivity index (χ2v) is 5.46. The zero-order chi connectivity index (χ0) is 15.4. The van der Waals surface area contributed by atoms with E-state index in [4.69, 9.17) is 9.47 Å². The number of methoxy groups -OCH3 is 2. The van der Waals surface area contributed by atoms with Gasteiger partial charge in [0.05, 0.1) is 19.9 Å². The molecule has 3 aromatic rings. The number of hydrogen-bond donors (Lipinski definition) is 1. The van der Waals surface area contributed by atoms with Crippen molar-refractivity contribution in [1.82, 2.24) is 4.98 Å². The lowest BCUT2D eigenvalue weighted by Crippen LogP contribution is -3.00. The van der Waals surface area contributed by atoms with Gasteiger partial charge in [-0.2, -0.15) is 0 Å². The summed E-state index contributed by atoms with van der Waals surface area (Å²) >= 11 is 1.57. The average molecular weight is 392 g/mol. The summed E-state index contributed by atoms with van der Waals surface area (Å²) in [6, 6.07) is 15.8. The average Bonchev–Trinajstić information content (AvgIpc) is 3.03. The summed E-state index contributed by atoms with van der Waals surface area (Å²) in [6.45, 7) is 0. The Morgan fingerprint density at radius 3 is 2.39 bits per heavy atom. The summed E-state index contributed by atoms with van der Waals surface area (Å²) in [6.07, 6.45) is 0. The summed E-state index contributed by atoms with van der Waals surface area (Å²) < 4.78 is 10.6. The van der Waals surface area contributed by atoms with Gasteiger partial charge in [0, 0.05) is 16.6 Å². The number of aromatic nitrogens is 1. The number of rotatable bonds is 5. The van der Waals surface area contributed by atoms with E-state index >= 15 is 0 Å². The molecule has 0 aliphatic carbocycles. The van der Waals surface area contributed by atoms with E-state index in [0.717, 1.165) is 22.1 Å². The number of nitrogens with one attached hydrogen (secondary N) is 1. The molecule has 0 saturated carbocycles. The first-order valence-corrected chi connectivity index (χ1v) is 7.68. The number of benzene rings is 2. The van der Waals surface area contributed by atoms with Gasteiger partial charge in [-0.25, -0.2) is 4.98 Å². The van der Waals surface area contributed by atoms with Crippen molar-refractivity contribution in [3.05, 3.63) is 53.9 Å². The van der Waals surface area contributed by atoms with Crippen molar-refractivity contribution in [2.45, 2.75) is 0 Å².